The number of nitrogens with two attached hydrogens (primary N) is 1. The van der Waals surface area contributed by atoms with Crippen molar-refractivity contribution < 1.29 is 9.50 Å². The van der Waals surface area contributed by atoms with Crippen molar-refractivity contribution in [3.8, 4) is 0 Å². The number of aliphatic hydroxyl groups excluding tert-OH is 1. The van der Waals surface area contributed by atoms with Gasteiger partial charge in [-0.05, 0) is 34.5 Å². The lowest BCUT2D eigenvalue weighted by atomic mass is 10.1. The predicted octanol–water partition coefficient (Wildman–Crippen LogP) is 1.44. The van der Waals surface area contributed by atoms with Crippen molar-refractivity contribution in [2.24, 2.45) is 5.73 Å². The molecular formula is C11H13BrFN3O. The lowest BCUT2D eigenvalue weighted by Crippen LogP contribution is -2.23. The molecule has 0 spiro atoms. The zero-order valence-corrected chi connectivity index (χ0v) is 10.7. The Kier molecular flexibility index (Phi) is 3.35. The zero-order chi connectivity index (χ0) is 12.6. The average Bonchev–Trinajstić information content (AvgIpc) is 2.68. The second-order valence-corrected chi connectivity index (χ2v) is 4.86. The maximum Gasteiger partial charge on any atom is 0.161 e. The van der Waals surface area contributed by atoms with E-state index in [9.17, 15) is 9.50 Å². The standard InChI is InChI=1S/C11H13BrFN3O/c12-9-7(11(14)15)1-2-8(10(9)13)16-4-3-6(17)5-16/h1-2,6,17H,3-5H2,(H3,14,15). The average molecular weight is 302 g/mol. The smallest absolute Gasteiger partial charge is 0.161 e. The Labute approximate surface area is 107 Å². The van der Waals surface area contributed by atoms with Crippen molar-refractivity contribution in [2.75, 3.05) is 18.0 Å². The quantitative estimate of drug-likeness (QED) is 0.572. The van der Waals surface area contributed by atoms with Crippen molar-refractivity contribution in [2.45, 2.75) is 12.5 Å². The van der Waals surface area contributed by atoms with E-state index >= 15 is 0 Å². The maximum atomic E-state index is 14.1. The second-order valence-electron chi connectivity index (χ2n) is 4.06. The number of anilines is 1. The van der Waals surface area contributed by atoms with Crippen LogP contribution in [0.2, 0.25) is 0 Å². The van der Waals surface area contributed by atoms with E-state index in [1.807, 2.05) is 0 Å². The molecule has 92 valence electrons. The first-order chi connectivity index (χ1) is 8.00. The Morgan fingerprint density at radius 3 is 2.82 bits per heavy atom. The van der Waals surface area contributed by atoms with E-state index in [-0.39, 0.29) is 10.3 Å². The van der Waals surface area contributed by atoms with E-state index in [4.69, 9.17) is 11.1 Å². The van der Waals surface area contributed by atoms with Crippen LogP contribution in [0.1, 0.15) is 12.0 Å². The summed E-state index contributed by atoms with van der Waals surface area (Å²) in [5.74, 6) is -0.615. The topological polar surface area (TPSA) is 73.3 Å². The van der Waals surface area contributed by atoms with Crippen molar-refractivity contribution in [3.63, 3.8) is 0 Å². The number of aliphatic hydroxyl groups is 1. The summed E-state index contributed by atoms with van der Waals surface area (Å²) < 4.78 is 14.3. The molecule has 4 nitrogen and oxygen atoms in total. The Balaban J connectivity index is 2.37. The van der Waals surface area contributed by atoms with Crippen LogP contribution in [0.4, 0.5) is 10.1 Å². The number of nitrogens with one attached hydrogen (secondary N) is 1. The molecule has 1 saturated heterocycles. The molecule has 1 heterocycles. The van der Waals surface area contributed by atoms with Crippen LogP contribution in [-0.4, -0.2) is 30.1 Å². The Morgan fingerprint density at radius 1 is 1.59 bits per heavy atom. The SMILES string of the molecule is N=C(N)c1ccc(N2CCC(O)C2)c(F)c1Br. The van der Waals surface area contributed by atoms with Crippen molar-refractivity contribution >= 4 is 27.5 Å². The summed E-state index contributed by atoms with van der Waals surface area (Å²) in [6.07, 6.45) is 0.242. The third-order valence-corrected chi connectivity index (χ3v) is 3.63. The summed E-state index contributed by atoms with van der Waals surface area (Å²) in [6, 6.07) is 3.20. The summed E-state index contributed by atoms with van der Waals surface area (Å²) in [5.41, 5.74) is 6.11. The number of hydrogen-bond donors (Lipinski definition) is 3. The summed E-state index contributed by atoms with van der Waals surface area (Å²) >= 11 is 3.11. The van der Waals surface area contributed by atoms with Crippen LogP contribution in [-0.2, 0) is 0 Å². The highest BCUT2D eigenvalue weighted by Gasteiger charge is 2.24. The van der Waals surface area contributed by atoms with Crippen molar-refractivity contribution in [3.05, 3.63) is 28.0 Å². The monoisotopic (exact) mass is 301 g/mol. The fraction of sp³-hybridized carbons (Fsp3) is 0.364. The second kappa shape index (κ2) is 4.62. The van der Waals surface area contributed by atoms with Crippen molar-refractivity contribution in [1.82, 2.24) is 0 Å². The van der Waals surface area contributed by atoms with Gasteiger partial charge in [0.15, 0.2) is 5.82 Å². The molecule has 6 heteroatoms. The number of hydrogen-bond acceptors (Lipinski definition) is 3. The first-order valence-electron chi connectivity index (χ1n) is 5.26. The molecule has 4 N–H and O–H groups in total. The summed E-state index contributed by atoms with van der Waals surface area (Å²) in [6.45, 7) is 1.06. The van der Waals surface area contributed by atoms with E-state index in [1.54, 1.807) is 17.0 Å². The molecule has 0 saturated carbocycles. The van der Waals surface area contributed by atoms with Gasteiger partial charge in [-0.1, -0.05) is 0 Å². The molecule has 1 fully saturated rings. The van der Waals surface area contributed by atoms with Crippen molar-refractivity contribution in [1.29, 1.82) is 5.41 Å². The number of halogens is 2. The summed E-state index contributed by atoms with van der Waals surface area (Å²) in [5, 5.41) is 16.7. The minimum atomic E-state index is -0.438. The molecular weight excluding hydrogens is 289 g/mol. The van der Waals surface area contributed by atoms with Gasteiger partial charge >= 0.3 is 0 Å². The van der Waals surface area contributed by atoms with Crippen LogP contribution in [0, 0.1) is 11.2 Å². The molecule has 1 aromatic rings. The number of nitrogens with zero attached hydrogens (tertiary/aromatic N) is 1. The van der Waals surface area contributed by atoms with E-state index in [0.717, 1.165) is 0 Å². The van der Waals surface area contributed by atoms with Gasteiger partial charge in [0.25, 0.3) is 0 Å². The highest BCUT2D eigenvalue weighted by Crippen LogP contribution is 2.31. The molecule has 1 atom stereocenters. The van der Waals surface area contributed by atoms with E-state index in [1.165, 1.54) is 0 Å². The van der Waals surface area contributed by atoms with Gasteiger partial charge in [0.05, 0.1) is 16.3 Å². The highest BCUT2D eigenvalue weighted by molar-refractivity contribution is 9.10. The van der Waals surface area contributed by atoms with Gasteiger partial charge in [-0.15, -0.1) is 0 Å². The zero-order valence-electron chi connectivity index (χ0n) is 9.08. The number of nitrogen functional groups attached to an aromatic ring is 1. The lowest BCUT2D eigenvalue weighted by molar-refractivity contribution is 0.198. The fourth-order valence-electron chi connectivity index (χ4n) is 1.95. The van der Waals surface area contributed by atoms with Crippen LogP contribution in [0.5, 0.6) is 0 Å². The van der Waals surface area contributed by atoms with Gasteiger partial charge in [0.1, 0.15) is 5.84 Å². The molecule has 1 unspecified atom stereocenters. The third kappa shape index (κ3) is 2.28. The first kappa shape index (κ1) is 12.3. The Morgan fingerprint density at radius 2 is 2.29 bits per heavy atom. The van der Waals surface area contributed by atoms with Crippen LogP contribution in [0.15, 0.2) is 16.6 Å². The van der Waals surface area contributed by atoms with Crippen LogP contribution >= 0.6 is 15.9 Å². The van der Waals surface area contributed by atoms with Gasteiger partial charge in [-0.25, -0.2) is 4.39 Å². The molecule has 1 aromatic carbocycles. The molecule has 1 aliphatic heterocycles. The number of amidine groups is 1. The van der Waals surface area contributed by atoms with Crippen LogP contribution in [0.3, 0.4) is 0 Å². The molecule has 0 amide bonds. The Hall–Kier alpha value is -1.14. The number of benzene rings is 1. The maximum absolute atomic E-state index is 14.1. The molecule has 0 radical (unpaired) electrons. The van der Waals surface area contributed by atoms with Crippen LogP contribution < -0.4 is 10.6 Å². The fourth-order valence-corrected chi connectivity index (χ4v) is 2.50. The predicted molar refractivity (Wildman–Crippen MR) is 68.0 cm³/mol. The minimum absolute atomic E-state index is 0.177. The van der Waals surface area contributed by atoms with E-state index in [2.05, 4.69) is 15.9 Å². The largest absolute Gasteiger partial charge is 0.391 e. The number of rotatable bonds is 2. The van der Waals surface area contributed by atoms with E-state index < -0.39 is 11.9 Å². The minimum Gasteiger partial charge on any atom is -0.391 e. The molecule has 0 bridgehead atoms. The van der Waals surface area contributed by atoms with E-state index in [0.29, 0.717) is 30.8 Å². The summed E-state index contributed by atoms with van der Waals surface area (Å²) in [4.78, 5) is 1.79. The molecule has 0 aromatic heterocycles. The normalized spacial score (nSPS) is 19.7. The van der Waals surface area contributed by atoms with Crippen LogP contribution in [0.25, 0.3) is 0 Å². The third-order valence-electron chi connectivity index (χ3n) is 2.86. The molecule has 17 heavy (non-hydrogen) atoms. The molecule has 0 aliphatic carbocycles. The van der Waals surface area contributed by atoms with Gasteiger partial charge < -0.3 is 15.7 Å². The van der Waals surface area contributed by atoms with Gasteiger partial charge in [0.2, 0.25) is 0 Å². The lowest BCUT2D eigenvalue weighted by Gasteiger charge is -2.20. The summed E-state index contributed by atoms with van der Waals surface area (Å²) in [7, 11) is 0. The molecule has 1 aliphatic rings. The number of β-amino-alcohol motifs (C(OH)–C–C–N with tert-alkyl or cyclic N) is 1. The Bertz CT molecular complexity index is 466. The van der Waals surface area contributed by atoms with Gasteiger partial charge in [-0.2, -0.15) is 0 Å². The van der Waals surface area contributed by atoms with Gasteiger partial charge in [-0.3, -0.25) is 5.41 Å². The molecule has 2 rings (SSSR count). The first-order valence-corrected chi connectivity index (χ1v) is 6.05. The van der Waals surface area contributed by atoms with Gasteiger partial charge in [0, 0.05) is 18.7 Å². The highest BCUT2D eigenvalue weighted by atomic mass is 79.9.